The fraction of sp³-hybridized carbons (Fsp3) is 0.190. The van der Waals surface area contributed by atoms with Gasteiger partial charge in [-0.1, -0.05) is 30.3 Å². The van der Waals surface area contributed by atoms with Crippen molar-refractivity contribution in [2.45, 2.75) is 16.7 Å². The van der Waals surface area contributed by atoms with E-state index in [0.29, 0.717) is 24.4 Å². The molecule has 29 heavy (non-hydrogen) atoms. The van der Waals surface area contributed by atoms with Crippen LogP contribution in [0.5, 0.6) is 5.75 Å². The fourth-order valence-electron chi connectivity index (χ4n) is 3.35. The highest BCUT2D eigenvalue weighted by atomic mass is 32.2. The summed E-state index contributed by atoms with van der Waals surface area (Å²) >= 11 is 1.43. The number of carbonyl (C=O) groups is 1. The summed E-state index contributed by atoms with van der Waals surface area (Å²) in [6.45, 7) is 0.470. The molecule has 0 aliphatic carbocycles. The topological polar surface area (TPSA) is 79.6 Å². The van der Waals surface area contributed by atoms with E-state index >= 15 is 0 Å². The number of carbonyl (C=O) groups excluding carboxylic acids is 1. The number of benzene rings is 2. The van der Waals surface area contributed by atoms with Gasteiger partial charge in [-0.15, -0.1) is 11.8 Å². The molecule has 1 aliphatic rings. The summed E-state index contributed by atoms with van der Waals surface area (Å²) in [6, 6.07) is 18.6. The third kappa shape index (κ3) is 3.90. The van der Waals surface area contributed by atoms with Gasteiger partial charge in [0.25, 0.3) is 10.0 Å². The number of aromatic nitrogens is 1. The van der Waals surface area contributed by atoms with Crippen LogP contribution in [-0.4, -0.2) is 40.6 Å². The highest BCUT2D eigenvalue weighted by Gasteiger charge is 2.36. The zero-order chi connectivity index (χ0) is 20.4. The summed E-state index contributed by atoms with van der Waals surface area (Å²) in [5.41, 5.74) is 1.56. The van der Waals surface area contributed by atoms with Gasteiger partial charge in [-0.25, -0.2) is 12.4 Å². The summed E-state index contributed by atoms with van der Waals surface area (Å²) in [5, 5.41) is 9.05. The van der Waals surface area contributed by atoms with Crippen LogP contribution in [0, 0.1) is 0 Å². The average Bonchev–Trinajstić information content (AvgIpc) is 3.35. The second-order valence-electron chi connectivity index (χ2n) is 6.71. The summed E-state index contributed by atoms with van der Waals surface area (Å²) in [6.07, 6.45) is 2.15. The van der Waals surface area contributed by atoms with Gasteiger partial charge in [-0.05, 0) is 48.4 Å². The van der Waals surface area contributed by atoms with Crippen LogP contribution in [0.4, 0.5) is 0 Å². The minimum Gasteiger partial charge on any atom is -0.508 e. The number of amides is 1. The van der Waals surface area contributed by atoms with Gasteiger partial charge < -0.3 is 10.0 Å². The van der Waals surface area contributed by atoms with Gasteiger partial charge in [0, 0.05) is 12.7 Å². The maximum Gasteiger partial charge on any atom is 0.267 e. The molecule has 4 rings (SSSR count). The Hall–Kier alpha value is -2.71. The minimum atomic E-state index is -3.74. The molecule has 1 atom stereocenters. The highest BCUT2D eigenvalue weighted by molar-refractivity contribution is 8.00. The Labute approximate surface area is 173 Å². The van der Waals surface area contributed by atoms with Gasteiger partial charge in [-0.2, -0.15) is 0 Å². The van der Waals surface area contributed by atoms with Crippen LogP contribution in [-0.2, 0) is 21.2 Å². The lowest BCUT2D eigenvalue weighted by Gasteiger charge is -2.25. The van der Waals surface area contributed by atoms with Crippen molar-refractivity contribution in [3.05, 3.63) is 84.2 Å². The van der Waals surface area contributed by atoms with Crippen molar-refractivity contribution in [2.75, 3.05) is 12.3 Å². The van der Waals surface area contributed by atoms with Crippen LogP contribution in [0.25, 0.3) is 0 Å². The molecule has 1 amide bonds. The van der Waals surface area contributed by atoms with E-state index in [1.165, 1.54) is 21.9 Å². The molecule has 1 unspecified atom stereocenters. The van der Waals surface area contributed by atoms with E-state index < -0.39 is 10.0 Å². The number of phenolic OH excluding ortho intramolecular Hbond substituents is 1. The van der Waals surface area contributed by atoms with E-state index in [-0.39, 0.29) is 21.9 Å². The molecular formula is C21H20N2O4S2. The zero-order valence-electron chi connectivity index (χ0n) is 15.5. The van der Waals surface area contributed by atoms with E-state index in [9.17, 15) is 18.3 Å². The van der Waals surface area contributed by atoms with Gasteiger partial charge in [0.05, 0.1) is 16.3 Å². The third-order valence-corrected chi connectivity index (χ3v) is 7.79. The maximum atomic E-state index is 13.1. The zero-order valence-corrected chi connectivity index (χ0v) is 17.1. The summed E-state index contributed by atoms with van der Waals surface area (Å²) in [4.78, 5) is 14.4. The van der Waals surface area contributed by atoms with Gasteiger partial charge in [0.2, 0.25) is 5.91 Å². The van der Waals surface area contributed by atoms with Crippen molar-refractivity contribution in [3.63, 3.8) is 0 Å². The van der Waals surface area contributed by atoms with Crippen molar-refractivity contribution in [2.24, 2.45) is 0 Å². The first-order valence-corrected chi connectivity index (χ1v) is 11.6. The maximum absolute atomic E-state index is 13.1. The standard InChI is InChI=1S/C21H20N2O4S2/c24-17-10-8-16(9-11-17)12-14-22-20(25)15-28-21(22)19-7-4-13-23(19)29(26,27)18-5-2-1-3-6-18/h1-11,13,21,24H,12,14-15H2. The van der Waals surface area contributed by atoms with Gasteiger partial charge in [-0.3, -0.25) is 4.79 Å². The normalized spacial score (nSPS) is 17.0. The van der Waals surface area contributed by atoms with Crippen molar-refractivity contribution < 1.29 is 18.3 Å². The molecule has 0 spiro atoms. The Morgan fingerprint density at radius 3 is 2.45 bits per heavy atom. The largest absolute Gasteiger partial charge is 0.508 e. The van der Waals surface area contributed by atoms with Crippen LogP contribution < -0.4 is 0 Å². The molecule has 150 valence electrons. The number of nitrogens with zero attached hydrogens (tertiary/aromatic N) is 2. The Morgan fingerprint density at radius 1 is 1.00 bits per heavy atom. The highest BCUT2D eigenvalue weighted by Crippen LogP contribution is 2.39. The van der Waals surface area contributed by atoms with Crippen molar-refractivity contribution in [1.82, 2.24) is 8.87 Å². The predicted octanol–water partition coefficient (Wildman–Crippen LogP) is 3.25. The second-order valence-corrected chi connectivity index (χ2v) is 9.60. The van der Waals surface area contributed by atoms with Gasteiger partial charge >= 0.3 is 0 Å². The third-order valence-electron chi connectivity index (χ3n) is 4.84. The molecule has 6 nitrogen and oxygen atoms in total. The lowest BCUT2D eigenvalue weighted by Crippen LogP contribution is -2.32. The van der Waals surface area contributed by atoms with Crippen LogP contribution in [0.3, 0.4) is 0 Å². The number of aromatic hydroxyl groups is 1. The lowest BCUT2D eigenvalue weighted by atomic mass is 10.1. The smallest absolute Gasteiger partial charge is 0.267 e. The molecule has 0 bridgehead atoms. The SMILES string of the molecule is O=C1CSC(c2cccn2S(=O)(=O)c2ccccc2)N1CCc1ccc(O)cc1. The molecular weight excluding hydrogens is 408 g/mol. The van der Waals surface area contributed by atoms with Crippen LogP contribution >= 0.6 is 11.8 Å². The Balaban J connectivity index is 1.60. The quantitative estimate of drug-likeness (QED) is 0.652. The number of thioether (sulfide) groups is 1. The van der Waals surface area contributed by atoms with Crippen LogP contribution in [0.2, 0.25) is 0 Å². The van der Waals surface area contributed by atoms with Gasteiger partial charge in [0.1, 0.15) is 11.1 Å². The molecule has 1 saturated heterocycles. The number of phenols is 1. The van der Waals surface area contributed by atoms with Crippen LogP contribution in [0.1, 0.15) is 16.6 Å². The van der Waals surface area contributed by atoms with Crippen molar-refractivity contribution in [3.8, 4) is 5.75 Å². The van der Waals surface area contributed by atoms with E-state index in [1.807, 2.05) is 12.1 Å². The van der Waals surface area contributed by atoms with E-state index in [1.54, 1.807) is 59.5 Å². The molecule has 2 heterocycles. The number of rotatable bonds is 6. The summed E-state index contributed by atoms with van der Waals surface area (Å²) < 4.78 is 27.5. The molecule has 0 saturated carbocycles. The molecule has 2 aromatic carbocycles. The molecule has 1 fully saturated rings. The molecule has 8 heteroatoms. The van der Waals surface area contributed by atoms with Crippen molar-refractivity contribution in [1.29, 1.82) is 0 Å². The molecule has 1 aliphatic heterocycles. The number of hydrogen-bond donors (Lipinski definition) is 1. The summed E-state index contributed by atoms with van der Waals surface area (Å²) in [5.74, 6) is 0.503. The van der Waals surface area contributed by atoms with E-state index in [2.05, 4.69) is 0 Å². The van der Waals surface area contributed by atoms with E-state index in [0.717, 1.165) is 5.56 Å². The minimum absolute atomic E-state index is 0.0105. The second kappa shape index (κ2) is 7.96. The molecule has 3 aromatic rings. The molecule has 0 radical (unpaired) electrons. The fourth-order valence-corrected chi connectivity index (χ4v) is 6.04. The molecule has 1 aromatic heterocycles. The lowest BCUT2D eigenvalue weighted by molar-refractivity contribution is -0.128. The number of hydrogen-bond acceptors (Lipinski definition) is 5. The first-order valence-electron chi connectivity index (χ1n) is 9.14. The summed E-state index contributed by atoms with van der Waals surface area (Å²) in [7, 11) is -3.74. The average molecular weight is 429 g/mol. The van der Waals surface area contributed by atoms with Crippen molar-refractivity contribution >= 4 is 27.7 Å². The Bertz CT molecular complexity index is 1110. The van der Waals surface area contributed by atoms with Crippen LogP contribution in [0.15, 0.2) is 77.8 Å². The predicted molar refractivity (Wildman–Crippen MR) is 112 cm³/mol. The van der Waals surface area contributed by atoms with Gasteiger partial charge in [0.15, 0.2) is 0 Å². The first kappa shape index (κ1) is 19.6. The Morgan fingerprint density at radius 2 is 1.72 bits per heavy atom. The molecule has 1 N–H and O–H groups in total. The van der Waals surface area contributed by atoms with E-state index in [4.69, 9.17) is 0 Å². The monoisotopic (exact) mass is 428 g/mol. The Kier molecular flexibility index (Phi) is 5.38. The first-order chi connectivity index (χ1) is 14.0.